The highest BCUT2D eigenvalue weighted by atomic mass is 16.6. The van der Waals surface area contributed by atoms with E-state index in [0.29, 0.717) is 19.0 Å². The summed E-state index contributed by atoms with van der Waals surface area (Å²) < 4.78 is 11.1. The van der Waals surface area contributed by atoms with Gasteiger partial charge < -0.3 is 14.8 Å². The normalized spacial score (nSPS) is 17.5. The summed E-state index contributed by atoms with van der Waals surface area (Å²) in [6, 6.07) is 13.8. The Bertz CT molecular complexity index is 790. The summed E-state index contributed by atoms with van der Waals surface area (Å²) in [5.74, 6) is 1.41. The van der Waals surface area contributed by atoms with Gasteiger partial charge in [-0.3, -0.25) is 9.69 Å². The number of carbonyl (C=O) groups is 1. The van der Waals surface area contributed by atoms with Gasteiger partial charge in [-0.05, 0) is 36.6 Å². The quantitative estimate of drug-likeness (QED) is 0.935. The molecule has 0 saturated carbocycles. The van der Waals surface area contributed by atoms with Gasteiger partial charge in [0.05, 0.1) is 6.04 Å². The maximum absolute atomic E-state index is 12.7. The summed E-state index contributed by atoms with van der Waals surface area (Å²) in [4.78, 5) is 14.9. The Morgan fingerprint density at radius 3 is 2.68 bits per heavy atom. The van der Waals surface area contributed by atoms with E-state index in [2.05, 4.69) is 34.5 Å². The van der Waals surface area contributed by atoms with Gasteiger partial charge >= 0.3 is 0 Å². The minimum Gasteiger partial charge on any atom is -0.486 e. The molecule has 2 aromatic carbocycles. The Kier molecular flexibility index (Phi) is 4.32. The summed E-state index contributed by atoms with van der Waals surface area (Å²) in [6.07, 6.45) is 0.984. The molecule has 0 aromatic heterocycles. The van der Waals surface area contributed by atoms with E-state index in [9.17, 15) is 4.79 Å². The molecule has 1 atom stereocenters. The first-order valence-corrected chi connectivity index (χ1v) is 8.72. The molecule has 0 radical (unpaired) electrons. The highest BCUT2D eigenvalue weighted by molar-refractivity contribution is 5.94. The van der Waals surface area contributed by atoms with Crippen LogP contribution < -0.4 is 14.8 Å². The second kappa shape index (κ2) is 6.76. The highest BCUT2D eigenvalue weighted by Crippen LogP contribution is 2.32. The van der Waals surface area contributed by atoms with E-state index in [1.165, 1.54) is 11.1 Å². The monoisotopic (exact) mass is 338 g/mol. The van der Waals surface area contributed by atoms with Crippen molar-refractivity contribution in [1.29, 1.82) is 0 Å². The van der Waals surface area contributed by atoms with Gasteiger partial charge in [0.15, 0.2) is 11.5 Å². The van der Waals surface area contributed by atoms with E-state index in [4.69, 9.17) is 9.47 Å². The number of nitrogens with zero attached hydrogens (tertiary/aromatic N) is 1. The Balaban J connectivity index is 1.43. The van der Waals surface area contributed by atoms with Gasteiger partial charge in [-0.2, -0.15) is 0 Å². The number of hydrogen-bond donors (Lipinski definition) is 1. The highest BCUT2D eigenvalue weighted by Gasteiger charge is 2.25. The molecule has 1 N–H and O–H groups in total. The number of hydrogen-bond acceptors (Lipinski definition) is 4. The first-order chi connectivity index (χ1) is 12.2. The average Bonchev–Trinajstić information content (AvgIpc) is 2.67. The molecule has 0 spiro atoms. The van der Waals surface area contributed by atoms with Crippen LogP contribution in [0.5, 0.6) is 11.5 Å². The molecule has 0 fully saturated rings. The fourth-order valence-electron chi connectivity index (χ4n) is 3.38. The van der Waals surface area contributed by atoms with Gasteiger partial charge in [-0.1, -0.05) is 24.3 Å². The van der Waals surface area contributed by atoms with Gasteiger partial charge in [0.1, 0.15) is 13.2 Å². The Morgan fingerprint density at radius 1 is 1.08 bits per heavy atom. The second-order valence-electron chi connectivity index (χ2n) is 6.51. The van der Waals surface area contributed by atoms with Crippen molar-refractivity contribution in [1.82, 2.24) is 4.90 Å². The zero-order valence-corrected chi connectivity index (χ0v) is 14.3. The molecule has 0 aliphatic carbocycles. The molecule has 2 aromatic rings. The third-order valence-corrected chi connectivity index (χ3v) is 4.90. The van der Waals surface area contributed by atoms with Crippen molar-refractivity contribution in [2.24, 2.45) is 0 Å². The minimum absolute atomic E-state index is 0.00365. The Morgan fingerprint density at radius 2 is 1.84 bits per heavy atom. The summed E-state index contributed by atoms with van der Waals surface area (Å²) in [5, 5.41) is 3.00. The third kappa shape index (κ3) is 3.33. The topological polar surface area (TPSA) is 50.8 Å². The van der Waals surface area contributed by atoms with Crippen LogP contribution in [0.25, 0.3) is 0 Å². The first-order valence-electron chi connectivity index (χ1n) is 8.72. The van der Waals surface area contributed by atoms with Gasteiger partial charge in [-0.25, -0.2) is 0 Å². The van der Waals surface area contributed by atoms with Crippen molar-refractivity contribution in [2.45, 2.75) is 25.9 Å². The van der Waals surface area contributed by atoms with Crippen molar-refractivity contribution in [3.8, 4) is 11.5 Å². The van der Waals surface area contributed by atoms with Gasteiger partial charge in [-0.15, -0.1) is 0 Å². The minimum atomic E-state index is -0.193. The van der Waals surface area contributed by atoms with Crippen molar-refractivity contribution in [3.05, 3.63) is 53.6 Å². The maximum Gasteiger partial charge on any atom is 0.241 e. The van der Waals surface area contributed by atoms with Gasteiger partial charge in [0, 0.05) is 24.8 Å². The molecule has 2 heterocycles. The molecular formula is C20H22N2O3. The molecule has 1 amide bonds. The van der Waals surface area contributed by atoms with Gasteiger partial charge in [0.2, 0.25) is 5.91 Å². The molecule has 130 valence electrons. The van der Waals surface area contributed by atoms with Crippen molar-refractivity contribution >= 4 is 11.6 Å². The van der Waals surface area contributed by atoms with Gasteiger partial charge in [0.25, 0.3) is 0 Å². The first kappa shape index (κ1) is 16.0. The Hall–Kier alpha value is -2.53. The molecule has 25 heavy (non-hydrogen) atoms. The lowest BCUT2D eigenvalue weighted by atomic mass is 9.99. The van der Waals surface area contributed by atoms with Crippen molar-refractivity contribution < 1.29 is 14.3 Å². The molecule has 0 bridgehead atoms. The van der Waals surface area contributed by atoms with E-state index in [-0.39, 0.29) is 11.9 Å². The van der Waals surface area contributed by atoms with Crippen LogP contribution in [0, 0.1) is 0 Å². The molecule has 5 heteroatoms. The fourth-order valence-corrected chi connectivity index (χ4v) is 3.38. The SMILES string of the molecule is C[C@@H](C(=O)Nc1ccc2c(c1)OCCO2)N1CCc2ccccc2C1. The third-order valence-electron chi connectivity index (χ3n) is 4.90. The standard InChI is InChI=1S/C20H22N2O3/c1-14(22-9-8-15-4-2-3-5-16(15)13-22)20(23)21-17-6-7-18-19(12-17)25-11-10-24-18/h2-7,12,14H,8-11,13H2,1H3,(H,21,23)/t14-/m0/s1. The second-order valence-corrected chi connectivity index (χ2v) is 6.51. The maximum atomic E-state index is 12.7. The number of fused-ring (bicyclic) bond motifs is 2. The fraction of sp³-hybridized carbons (Fsp3) is 0.350. The number of rotatable bonds is 3. The lowest BCUT2D eigenvalue weighted by Crippen LogP contribution is -2.44. The average molecular weight is 338 g/mol. The molecular weight excluding hydrogens is 316 g/mol. The number of carbonyl (C=O) groups excluding carboxylic acids is 1. The van der Waals surface area contributed by atoms with E-state index in [1.807, 2.05) is 25.1 Å². The largest absolute Gasteiger partial charge is 0.486 e. The van der Waals surface area contributed by atoms with Crippen LogP contribution in [0.2, 0.25) is 0 Å². The van der Waals surface area contributed by atoms with Crippen molar-refractivity contribution in [2.75, 3.05) is 25.1 Å². The zero-order chi connectivity index (χ0) is 17.2. The molecule has 0 unspecified atom stereocenters. The number of nitrogens with one attached hydrogen (secondary N) is 1. The van der Waals surface area contributed by atoms with E-state index < -0.39 is 0 Å². The number of anilines is 1. The van der Waals surface area contributed by atoms with E-state index in [0.717, 1.165) is 30.9 Å². The van der Waals surface area contributed by atoms with E-state index >= 15 is 0 Å². The summed E-state index contributed by atoms with van der Waals surface area (Å²) >= 11 is 0. The summed E-state index contributed by atoms with van der Waals surface area (Å²) in [5.41, 5.74) is 3.43. The molecule has 2 aliphatic rings. The lowest BCUT2D eigenvalue weighted by Gasteiger charge is -2.33. The summed E-state index contributed by atoms with van der Waals surface area (Å²) in [7, 11) is 0. The smallest absolute Gasteiger partial charge is 0.241 e. The van der Waals surface area contributed by atoms with Crippen LogP contribution in [-0.4, -0.2) is 36.6 Å². The molecule has 5 nitrogen and oxygen atoms in total. The zero-order valence-electron chi connectivity index (χ0n) is 14.3. The summed E-state index contributed by atoms with van der Waals surface area (Å²) in [6.45, 7) is 4.76. The number of ether oxygens (including phenoxy) is 2. The van der Waals surface area contributed by atoms with Crippen LogP contribution in [0.1, 0.15) is 18.1 Å². The molecule has 4 rings (SSSR count). The van der Waals surface area contributed by atoms with Crippen LogP contribution in [0.3, 0.4) is 0 Å². The number of amides is 1. The van der Waals surface area contributed by atoms with Crippen LogP contribution >= 0.6 is 0 Å². The molecule has 0 saturated heterocycles. The van der Waals surface area contributed by atoms with E-state index in [1.54, 1.807) is 0 Å². The molecule has 2 aliphatic heterocycles. The van der Waals surface area contributed by atoms with Crippen LogP contribution in [0.15, 0.2) is 42.5 Å². The van der Waals surface area contributed by atoms with Crippen LogP contribution in [0.4, 0.5) is 5.69 Å². The van der Waals surface area contributed by atoms with Crippen LogP contribution in [-0.2, 0) is 17.8 Å². The number of benzene rings is 2. The van der Waals surface area contributed by atoms with Crippen molar-refractivity contribution in [3.63, 3.8) is 0 Å². The predicted octanol–water partition coefficient (Wildman–Crippen LogP) is 2.84. The Labute approximate surface area is 147 Å². The lowest BCUT2D eigenvalue weighted by molar-refractivity contribution is -0.121. The predicted molar refractivity (Wildman–Crippen MR) is 96.1 cm³/mol.